The Balaban J connectivity index is 2.00. The Labute approximate surface area is 106 Å². The number of thiazole rings is 1. The molecule has 0 spiro atoms. The number of aromatic nitrogens is 1. The summed E-state index contributed by atoms with van der Waals surface area (Å²) in [4.78, 5) is 6.56. The van der Waals surface area contributed by atoms with Crippen LogP contribution in [0.5, 0.6) is 0 Å². The lowest BCUT2D eigenvalue weighted by atomic mass is 10.3. The maximum atomic E-state index is 11.5. The van der Waals surface area contributed by atoms with E-state index in [-0.39, 0.29) is 17.5 Å². The van der Waals surface area contributed by atoms with E-state index < -0.39 is 9.84 Å². The molecule has 1 unspecified atom stereocenters. The van der Waals surface area contributed by atoms with Crippen LogP contribution in [0.2, 0.25) is 0 Å². The van der Waals surface area contributed by atoms with Crippen molar-refractivity contribution in [3.8, 4) is 0 Å². The third-order valence-corrected chi connectivity index (χ3v) is 5.66. The van der Waals surface area contributed by atoms with Crippen LogP contribution in [0.25, 0.3) is 0 Å². The summed E-state index contributed by atoms with van der Waals surface area (Å²) in [6.07, 6.45) is 0. The van der Waals surface area contributed by atoms with Crippen LogP contribution >= 0.6 is 11.3 Å². The van der Waals surface area contributed by atoms with Gasteiger partial charge in [0.25, 0.3) is 0 Å². The molecule has 0 amide bonds. The first-order valence-electron chi connectivity index (χ1n) is 5.58. The minimum absolute atomic E-state index is 0.0665. The molecular weight excluding hydrogens is 258 g/mol. The molecule has 1 saturated heterocycles. The average Bonchev–Trinajstić information content (AvgIpc) is 2.69. The molecule has 2 N–H and O–H groups in total. The minimum Gasteiger partial charge on any atom is -0.325 e. The zero-order valence-corrected chi connectivity index (χ0v) is 11.4. The predicted molar refractivity (Wildman–Crippen MR) is 68.5 cm³/mol. The molecule has 2 rings (SSSR count). The van der Waals surface area contributed by atoms with E-state index in [1.165, 1.54) is 0 Å². The van der Waals surface area contributed by atoms with Gasteiger partial charge in [0.1, 0.15) is 5.01 Å². The highest BCUT2D eigenvalue weighted by Gasteiger charge is 2.28. The molecule has 0 radical (unpaired) electrons. The molecule has 5 nitrogen and oxygen atoms in total. The van der Waals surface area contributed by atoms with Gasteiger partial charge in [0, 0.05) is 31.1 Å². The molecule has 7 heteroatoms. The van der Waals surface area contributed by atoms with Crippen LogP contribution in [0.4, 0.5) is 0 Å². The van der Waals surface area contributed by atoms with Crippen LogP contribution in [0, 0.1) is 0 Å². The second kappa shape index (κ2) is 5.01. The second-order valence-corrected chi connectivity index (χ2v) is 7.54. The smallest absolute Gasteiger partial charge is 0.153 e. The van der Waals surface area contributed by atoms with Crippen molar-refractivity contribution in [3.63, 3.8) is 0 Å². The van der Waals surface area contributed by atoms with Gasteiger partial charge in [0.05, 0.1) is 17.2 Å². The molecular formula is C10H17N3O2S2. The quantitative estimate of drug-likeness (QED) is 0.854. The molecule has 1 aliphatic rings. The number of rotatable bonds is 3. The van der Waals surface area contributed by atoms with Crippen LogP contribution in [-0.2, 0) is 22.9 Å². The lowest BCUT2D eigenvalue weighted by molar-refractivity contribution is 0.216. The van der Waals surface area contributed by atoms with Crippen LogP contribution in [-0.4, -0.2) is 42.4 Å². The summed E-state index contributed by atoms with van der Waals surface area (Å²) in [5, 5.41) is 2.93. The zero-order valence-electron chi connectivity index (χ0n) is 9.80. The fourth-order valence-electron chi connectivity index (χ4n) is 1.99. The molecule has 0 bridgehead atoms. The molecule has 1 atom stereocenters. The summed E-state index contributed by atoms with van der Waals surface area (Å²) in [6.45, 7) is 3.73. The van der Waals surface area contributed by atoms with Gasteiger partial charge in [-0.3, -0.25) is 4.90 Å². The van der Waals surface area contributed by atoms with Gasteiger partial charge in [-0.2, -0.15) is 0 Å². The van der Waals surface area contributed by atoms with Gasteiger partial charge in [-0.1, -0.05) is 0 Å². The predicted octanol–water partition coefficient (Wildman–Crippen LogP) is 0.221. The largest absolute Gasteiger partial charge is 0.325 e. The van der Waals surface area contributed by atoms with Crippen molar-refractivity contribution in [1.29, 1.82) is 0 Å². The monoisotopic (exact) mass is 275 g/mol. The van der Waals surface area contributed by atoms with Crippen LogP contribution < -0.4 is 5.73 Å². The van der Waals surface area contributed by atoms with Gasteiger partial charge >= 0.3 is 0 Å². The first-order chi connectivity index (χ1) is 8.00. The van der Waals surface area contributed by atoms with Gasteiger partial charge in [-0.25, -0.2) is 13.4 Å². The van der Waals surface area contributed by atoms with Gasteiger partial charge < -0.3 is 5.73 Å². The number of hydrogen-bond donors (Lipinski definition) is 1. The number of nitrogens with zero attached hydrogens (tertiary/aromatic N) is 2. The Bertz CT molecular complexity index is 483. The van der Waals surface area contributed by atoms with Crippen molar-refractivity contribution >= 4 is 21.2 Å². The van der Waals surface area contributed by atoms with Crippen molar-refractivity contribution < 1.29 is 8.42 Å². The Hall–Kier alpha value is -0.500. The summed E-state index contributed by atoms with van der Waals surface area (Å²) in [5.74, 6) is 0.506. The van der Waals surface area contributed by atoms with Gasteiger partial charge in [0.15, 0.2) is 9.84 Å². The Morgan fingerprint density at radius 3 is 3.00 bits per heavy atom. The number of sulfone groups is 1. The van der Waals surface area contributed by atoms with E-state index in [0.717, 1.165) is 10.7 Å². The van der Waals surface area contributed by atoms with E-state index in [4.69, 9.17) is 5.73 Å². The van der Waals surface area contributed by atoms with E-state index in [1.807, 2.05) is 12.3 Å². The van der Waals surface area contributed by atoms with Gasteiger partial charge in [-0.05, 0) is 6.92 Å². The highest BCUT2D eigenvalue weighted by molar-refractivity contribution is 7.91. The molecule has 1 aromatic rings. The molecule has 0 aromatic carbocycles. The SMILES string of the molecule is CC1CS(=O)(=O)CCN1Cc1csc(CN)n1. The highest BCUT2D eigenvalue weighted by atomic mass is 32.2. The Morgan fingerprint density at radius 1 is 1.65 bits per heavy atom. The Kier molecular flexibility index (Phi) is 3.82. The molecule has 1 fully saturated rings. The maximum Gasteiger partial charge on any atom is 0.153 e. The Morgan fingerprint density at radius 2 is 2.41 bits per heavy atom. The average molecular weight is 275 g/mol. The summed E-state index contributed by atoms with van der Waals surface area (Å²) < 4.78 is 22.9. The maximum absolute atomic E-state index is 11.5. The summed E-state index contributed by atoms with van der Waals surface area (Å²) in [5.41, 5.74) is 6.50. The van der Waals surface area contributed by atoms with Gasteiger partial charge in [-0.15, -0.1) is 11.3 Å². The second-order valence-electron chi connectivity index (χ2n) is 4.37. The summed E-state index contributed by atoms with van der Waals surface area (Å²) >= 11 is 1.56. The van der Waals surface area contributed by atoms with Gasteiger partial charge in [0.2, 0.25) is 0 Å². The zero-order chi connectivity index (χ0) is 12.5. The molecule has 0 aliphatic carbocycles. The van der Waals surface area contributed by atoms with Crippen molar-refractivity contribution in [2.45, 2.75) is 26.1 Å². The topological polar surface area (TPSA) is 76.3 Å². The fourth-order valence-corrected chi connectivity index (χ4v) is 4.28. The molecule has 96 valence electrons. The third-order valence-electron chi connectivity index (χ3n) is 2.95. The van der Waals surface area contributed by atoms with Crippen LogP contribution in [0.1, 0.15) is 17.6 Å². The van der Waals surface area contributed by atoms with E-state index in [0.29, 0.717) is 19.6 Å². The highest BCUT2D eigenvalue weighted by Crippen LogP contribution is 2.16. The first-order valence-corrected chi connectivity index (χ1v) is 8.28. The van der Waals surface area contributed by atoms with Crippen molar-refractivity contribution in [2.75, 3.05) is 18.1 Å². The van der Waals surface area contributed by atoms with Crippen molar-refractivity contribution in [1.82, 2.24) is 9.88 Å². The minimum atomic E-state index is -2.84. The lowest BCUT2D eigenvalue weighted by Gasteiger charge is -2.32. The molecule has 1 aromatic heterocycles. The number of nitrogens with two attached hydrogens (primary N) is 1. The first kappa shape index (κ1) is 12.9. The lowest BCUT2D eigenvalue weighted by Crippen LogP contribution is -2.46. The molecule has 2 heterocycles. The standard InChI is InChI=1S/C10H17N3O2S2/c1-8-7-17(14,15)3-2-13(8)5-9-6-16-10(4-11)12-9/h6,8H,2-5,7,11H2,1H3. The van der Waals surface area contributed by atoms with E-state index in [1.54, 1.807) is 11.3 Å². The molecule has 17 heavy (non-hydrogen) atoms. The number of hydrogen-bond acceptors (Lipinski definition) is 6. The van der Waals surface area contributed by atoms with Crippen LogP contribution in [0.15, 0.2) is 5.38 Å². The van der Waals surface area contributed by atoms with Crippen molar-refractivity contribution in [2.24, 2.45) is 5.73 Å². The van der Waals surface area contributed by atoms with E-state index >= 15 is 0 Å². The van der Waals surface area contributed by atoms with E-state index in [9.17, 15) is 8.42 Å². The fraction of sp³-hybridized carbons (Fsp3) is 0.700. The van der Waals surface area contributed by atoms with Crippen molar-refractivity contribution in [3.05, 3.63) is 16.1 Å². The summed E-state index contributed by atoms with van der Waals surface area (Å²) in [6, 6.07) is 0.0665. The molecule has 1 aliphatic heterocycles. The summed E-state index contributed by atoms with van der Waals surface area (Å²) in [7, 11) is -2.84. The normalized spacial score (nSPS) is 24.9. The van der Waals surface area contributed by atoms with E-state index in [2.05, 4.69) is 9.88 Å². The van der Waals surface area contributed by atoms with Crippen LogP contribution in [0.3, 0.4) is 0 Å². The third kappa shape index (κ3) is 3.25. The molecule has 0 saturated carbocycles.